The summed E-state index contributed by atoms with van der Waals surface area (Å²) >= 11 is 1.82. The molecule has 0 saturated carbocycles. The Morgan fingerprint density at radius 2 is 0.775 bits per heavy atom. The van der Waals surface area contributed by atoms with Crippen LogP contribution < -0.4 is 21.2 Å². The molecular weight excluding hydrogens is 631 g/mol. The Labute approximate surface area is 260 Å². The Morgan fingerprint density at radius 1 is 0.525 bits per heavy atom. The van der Waals surface area contributed by atoms with Crippen molar-refractivity contribution >= 4 is 46.8 Å². The van der Waals surface area contributed by atoms with E-state index in [9.17, 15) is 0 Å². The molecule has 0 radical (unpaired) electrons. The maximum absolute atomic E-state index is 4.57. The molecule has 0 aliphatic heterocycles. The second-order valence-electron chi connectivity index (χ2n) is 10.1. The Bertz CT molecular complexity index is 1160. The van der Waals surface area contributed by atoms with Crippen molar-refractivity contribution < 1.29 is 17.3 Å². The van der Waals surface area contributed by atoms with Gasteiger partial charge >= 0.3 is 27.0 Å². The summed E-state index contributed by atoms with van der Waals surface area (Å²) < 4.78 is 0. The molecule has 0 nitrogen and oxygen atoms in total. The Hall–Kier alpha value is -1.87. The summed E-state index contributed by atoms with van der Waals surface area (Å²) in [6, 6.07) is 42.8. The van der Waals surface area contributed by atoms with E-state index in [1.807, 2.05) is 17.3 Å². The molecule has 1 aliphatic rings. The van der Waals surface area contributed by atoms with Crippen molar-refractivity contribution in [3.63, 3.8) is 0 Å². The fourth-order valence-electron chi connectivity index (χ4n) is 4.31. The van der Waals surface area contributed by atoms with Crippen molar-refractivity contribution in [1.82, 2.24) is 0 Å². The minimum atomic E-state index is -0.171. The number of benzene rings is 4. The molecule has 210 valence electrons. The van der Waals surface area contributed by atoms with Crippen molar-refractivity contribution in [3.8, 4) is 0 Å². The third-order valence-electron chi connectivity index (χ3n) is 7.14. The first kappa shape index (κ1) is 34.3. The minimum absolute atomic E-state index is 0.171. The summed E-state index contributed by atoms with van der Waals surface area (Å²) in [5.41, 5.74) is 4.39. The van der Waals surface area contributed by atoms with Crippen molar-refractivity contribution in [2.24, 2.45) is 5.41 Å². The van der Waals surface area contributed by atoms with Crippen LogP contribution in [0, 0.1) is 11.5 Å². The standard InChI is InChI=1S/2C13H13P.C10H15.ClH.Ru/c2*1-14(12-8-4-2-5-9-12)13-10-6-3-7-11-13;1-7-6-10(4,5)9(3)8(7)2;;/h2*2-11H,1H3;1-5H3;1H;/q;;-1;;+2/p-1. The molecule has 0 spiro atoms. The van der Waals surface area contributed by atoms with Crippen LogP contribution in [-0.4, -0.2) is 13.3 Å². The molecule has 0 aromatic heterocycles. The second-order valence-corrected chi connectivity index (χ2v) is 14.4. The quantitative estimate of drug-likeness (QED) is 0.115. The zero-order chi connectivity index (χ0) is 29.5. The van der Waals surface area contributed by atoms with Gasteiger partial charge in [-0.15, -0.1) is 6.92 Å². The topological polar surface area (TPSA) is 0 Å². The van der Waals surface area contributed by atoms with Gasteiger partial charge in [-0.2, -0.15) is 11.1 Å². The average Bonchev–Trinajstić information content (AvgIpc) is 3.20. The first-order valence-corrected chi connectivity index (χ1v) is 19.1. The van der Waals surface area contributed by atoms with Crippen molar-refractivity contribution in [2.75, 3.05) is 13.3 Å². The normalized spacial score (nSPS) is 13.3. The summed E-state index contributed by atoms with van der Waals surface area (Å²) in [7, 11) is 4.23. The van der Waals surface area contributed by atoms with Crippen LogP contribution >= 0.6 is 25.5 Å². The van der Waals surface area contributed by atoms with E-state index in [0.717, 1.165) is 0 Å². The van der Waals surface area contributed by atoms with Gasteiger partial charge in [0, 0.05) is 0 Å². The summed E-state index contributed by atoms with van der Waals surface area (Å²) in [5.74, 6) is 0. The molecule has 4 aromatic carbocycles. The predicted molar refractivity (Wildman–Crippen MR) is 180 cm³/mol. The summed E-state index contributed by atoms with van der Waals surface area (Å²) in [6.45, 7) is 15.5. The molecule has 0 N–H and O–H groups in total. The van der Waals surface area contributed by atoms with E-state index in [1.165, 1.54) is 37.9 Å². The van der Waals surface area contributed by atoms with Gasteiger partial charge < -0.3 is 0 Å². The monoisotopic (exact) mass is 672 g/mol. The van der Waals surface area contributed by atoms with Crippen LogP contribution in [0.25, 0.3) is 0 Å². The van der Waals surface area contributed by atoms with E-state index in [0.29, 0.717) is 0 Å². The van der Waals surface area contributed by atoms with Crippen molar-refractivity contribution in [1.29, 1.82) is 0 Å². The molecule has 4 heteroatoms. The third kappa shape index (κ3) is 10.5. The van der Waals surface area contributed by atoms with E-state index < -0.39 is 0 Å². The number of rotatable bonds is 4. The van der Waals surface area contributed by atoms with Crippen LogP contribution in [0.15, 0.2) is 138 Å². The molecule has 0 unspecified atom stereocenters. The molecule has 0 saturated heterocycles. The van der Waals surface area contributed by atoms with Gasteiger partial charge in [0.25, 0.3) is 0 Å². The van der Waals surface area contributed by atoms with Gasteiger partial charge in [0.15, 0.2) is 0 Å². The van der Waals surface area contributed by atoms with Gasteiger partial charge in [0.1, 0.15) is 0 Å². The molecule has 0 heterocycles. The summed E-state index contributed by atoms with van der Waals surface area (Å²) in [6.07, 6.45) is 3.44. The van der Waals surface area contributed by atoms with Crippen LogP contribution in [0.1, 0.15) is 34.6 Å². The summed E-state index contributed by atoms with van der Waals surface area (Å²) in [5, 5.41) is 5.75. The molecule has 0 fully saturated rings. The number of allylic oxidation sites excluding steroid dienone is 4. The zero-order valence-electron chi connectivity index (χ0n) is 24.7. The van der Waals surface area contributed by atoms with Crippen LogP contribution in [0.5, 0.6) is 0 Å². The molecule has 0 atom stereocenters. The van der Waals surface area contributed by atoms with Crippen molar-refractivity contribution in [2.45, 2.75) is 34.6 Å². The van der Waals surface area contributed by atoms with E-state index in [4.69, 9.17) is 0 Å². The zero-order valence-corrected chi connectivity index (χ0v) is 29.0. The summed E-state index contributed by atoms with van der Waals surface area (Å²) in [4.78, 5) is 0. The Morgan fingerprint density at radius 3 is 0.925 bits per heavy atom. The first-order chi connectivity index (χ1) is 19.2. The van der Waals surface area contributed by atoms with Crippen LogP contribution in [-0.2, 0) is 17.3 Å². The number of hydrogen-bond acceptors (Lipinski definition) is 0. The molecular formula is C36H41ClP2Ru. The SMILES string of the molecule is CC1=[C-]C(C)(C)C(C)=C1C.CP(c1ccccc1)c1ccccc1.CP(c1ccccc1)c1ccccc1.[Cl][Ru+]. The van der Waals surface area contributed by atoms with E-state index in [2.05, 4.69) is 185 Å². The van der Waals surface area contributed by atoms with Crippen LogP contribution in [0.2, 0.25) is 0 Å². The maximum atomic E-state index is 4.57. The van der Waals surface area contributed by atoms with Gasteiger partial charge in [0.05, 0.1) is 0 Å². The molecule has 1 aliphatic carbocycles. The van der Waals surface area contributed by atoms with Gasteiger partial charge in [-0.25, -0.2) is 5.57 Å². The van der Waals surface area contributed by atoms with Crippen molar-refractivity contribution in [3.05, 3.63) is 144 Å². The van der Waals surface area contributed by atoms with Crippen LogP contribution in [0.3, 0.4) is 0 Å². The third-order valence-corrected chi connectivity index (χ3v) is 11.4. The van der Waals surface area contributed by atoms with Crippen LogP contribution in [0.4, 0.5) is 0 Å². The Balaban J connectivity index is 0.000000207. The van der Waals surface area contributed by atoms with Gasteiger partial charge in [0.2, 0.25) is 0 Å². The van der Waals surface area contributed by atoms with E-state index in [1.54, 1.807) is 0 Å². The number of halogens is 1. The predicted octanol–water partition coefficient (Wildman–Crippen LogP) is 9.30. The molecule has 4 aromatic rings. The molecule has 0 amide bonds. The van der Waals surface area contributed by atoms with Gasteiger partial charge in [-0.1, -0.05) is 154 Å². The molecule has 5 rings (SSSR count). The fraction of sp³-hybridized carbons (Fsp3) is 0.222. The Kier molecular flexibility index (Phi) is 15.3. The van der Waals surface area contributed by atoms with E-state index in [-0.39, 0.29) is 21.3 Å². The van der Waals surface area contributed by atoms with E-state index >= 15 is 0 Å². The molecule has 40 heavy (non-hydrogen) atoms. The van der Waals surface area contributed by atoms with Gasteiger partial charge in [-0.05, 0) is 50.4 Å². The first-order valence-electron chi connectivity index (χ1n) is 13.3. The second kappa shape index (κ2) is 17.8. The van der Waals surface area contributed by atoms with Gasteiger partial charge in [-0.3, -0.25) is 6.08 Å². The molecule has 0 bridgehead atoms. The number of hydrogen-bond donors (Lipinski definition) is 0. The average molecular weight is 672 g/mol. The fourth-order valence-corrected chi connectivity index (χ4v) is 7.38.